The first-order valence-corrected chi connectivity index (χ1v) is 10.7. The molecule has 0 aliphatic carbocycles. The number of carbonyl (C=O) groups excluding carboxylic acids is 1. The van der Waals surface area contributed by atoms with Gasteiger partial charge in [-0.1, -0.05) is 19.1 Å². The van der Waals surface area contributed by atoms with E-state index in [1.807, 2.05) is 37.4 Å². The van der Waals surface area contributed by atoms with Crippen molar-refractivity contribution < 1.29 is 13.9 Å². The Morgan fingerprint density at radius 2 is 1.83 bits per heavy atom. The molecule has 0 aliphatic rings. The minimum atomic E-state index is -0.762. The van der Waals surface area contributed by atoms with Crippen molar-refractivity contribution in [3.63, 3.8) is 0 Å². The molecule has 1 aromatic heterocycles. The Hall–Kier alpha value is -3.13. The lowest BCUT2D eigenvalue weighted by molar-refractivity contribution is -0.128. The molecule has 3 rings (SSSR count). The van der Waals surface area contributed by atoms with Gasteiger partial charge in [0.15, 0.2) is 6.10 Å². The van der Waals surface area contributed by atoms with Crippen LogP contribution in [0.4, 0.5) is 4.39 Å². The second-order valence-corrected chi connectivity index (χ2v) is 7.36. The number of amides is 1. The third-order valence-electron chi connectivity index (χ3n) is 4.40. The highest BCUT2D eigenvalue weighted by atomic mass is 32.2. The molecule has 3 aromatic rings. The number of hydrogen-bond acceptors (Lipinski definition) is 5. The molecule has 0 radical (unpaired) electrons. The van der Waals surface area contributed by atoms with E-state index >= 15 is 0 Å². The lowest BCUT2D eigenvalue weighted by Crippen LogP contribution is -2.38. The molecule has 0 unspecified atom stereocenters. The minimum absolute atomic E-state index is 0.130. The van der Waals surface area contributed by atoms with E-state index in [1.54, 1.807) is 11.8 Å². The minimum Gasteiger partial charge on any atom is -0.463 e. The van der Waals surface area contributed by atoms with E-state index in [9.17, 15) is 14.0 Å². The molecule has 1 heterocycles. The van der Waals surface area contributed by atoms with Crippen molar-refractivity contribution >= 4 is 17.7 Å². The molecule has 1 N–H and O–H groups in total. The fraction of sp³-hybridized carbons (Fsp3) is 0.227. The van der Waals surface area contributed by atoms with Gasteiger partial charge in [0.05, 0.1) is 5.69 Å². The zero-order valence-corrected chi connectivity index (χ0v) is 17.5. The third-order valence-corrected chi connectivity index (χ3v) is 5.14. The average molecular weight is 428 g/mol. The number of hydrogen-bond donors (Lipinski definition) is 1. The van der Waals surface area contributed by atoms with Crippen LogP contribution in [0.5, 0.6) is 5.88 Å². The fourth-order valence-electron chi connectivity index (χ4n) is 2.74. The van der Waals surface area contributed by atoms with E-state index in [0.717, 1.165) is 15.1 Å². The SMILES string of the molecule is CC[C@H](Oc1ccc(=O)n(-c2ccc(F)cc2)n1)C(=O)NCc1ccc(SC)cc1. The predicted molar refractivity (Wildman–Crippen MR) is 115 cm³/mol. The summed E-state index contributed by atoms with van der Waals surface area (Å²) in [5.74, 6) is -0.553. The van der Waals surface area contributed by atoms with Gasteiger partial charge in [-0.05, 0) is 54.6 Å². The summed E-state index contributed by atoms with van der Waals surface area (Å²) in [5, 5.41) is 7.02. The van der Waals surface area contributed by atoms with Crippen molar-refractivity contribution in [1.82, 2.24) is 15.1 Å². The molecule has 0 bridgehead atoms. The van der Waals surface area contributed by atoms with Gasteiger partial charge in [0, 0.05) is 23.6 Å². The second-order valence-electron chi connectivity index (χ2n) is 6.48. The van der Waals surface area contributed by atoms with Gasteiger partial charge in [-0.25, -0.2) is 4.39 Å². The number of benzene rings is 2. The number of thioether (sulfide) groups is 1. The van der Waals surface area contributed by atoms with E-state index in [4.69, 9.17) is 4.74 Å². The normalized spacial score (nSPS) is 11.7. The van der Waals surface area contributed by atoms with Crippen molar-refractivity contribution in [2.45, 2.75) is 30.9 Å². The summed E-state index contributed by atoms with van der Waals surface area (Å²) in [5.41, 5.74) is 0.997. The van der Waals surface area contributed by atoms with Crippen LogP contribution in [0.25, 0.3) is 5.69 Å². The summed E-state index contributed by atoms with van der Waals surface area (Å²) in [6.45, 7) is 2.21. The van der Waals surface area contributed by atoms with Crippen LogP contribution in [-0.4, -0.2) is 28.0 Å². The van der Waals surface area contributed by atoms with Crippen LogP contribution in [0.1, 0.15) is 18.9 Å². The molecular formula is C22H22FN3O3S. The molecule has 1 amide bonds. The first kappa shape index (κ1) is 21.6. The monoisotopic (exact) mass is 427 g/mol. The first-order valence-electron chi connectivity index (χ1n) is 9.43. The quantitative estimate of drug-likeness (QED) is 0.557. The lowest BCUT2D eigenvalue weighted by atomic mass is 10.2. The number of ether oxygens (including phenoxy) is 1. The molecule has 0 saturated carbocycles. The Morgan fingerprint density at radius 1 is 1.13 bits per heavy atom. The van der Waals surface area contributed by atoms with E-state index < -0.39 is 11.9 Å². The van der Waals surface area contributed by atoms with E-state index in [1.165, 1.54) is 36.4 Å². The van der Waals surface area contributed by atoms with Gasteiger partial charge >= 0.3 is 0 Å². The summed E-state index contributed by atoms with van der Waals surface area (Å²) in [6.07, 6.45) is 1.67. The molecule has 0 aliphatic heterocycles. The number of nitrogens with zero attached hydrogens (tertiary/aromatic N) is 2. The highest BCUT2D eigenvalue weighted by molar-refractivity contribution is 7.98. The van der Waals surface area contributed by atoms with Crippen LogP contribution in [0, 0.1) is 5.82 Å². The maximum absolute atomic E-state index is 13.1. The van der Waals surface area contributed by atoms with Gasteiger partial charge in [-0.15, -0.1) is 16.9 Å². The maximum Gasteiger partial charge on any atom is 0.271 e. The van der Waals surface area contributed by atoms with Gasteiger partial charge in [-0.2, -0.15) is 4.68 Å². The summed E-state index contributed by atoms with van der Waals surface area (Å²) in [4.78, 5) is 25.8. The Morgan fingerprint density at radius 3 is 2.47 bits per heavy atom. The zero-order valence-electron chi connectivity index (χ0n) is 16.7. The molecule has 30 heavy (non-hydrogen) atoms. The van der Waals surface area contributed by atoms with Crippen LogP contribution in [0.2, 0.25) is 0 Å². The smallest absolute Gasteiger partial charge is 0.271 e. The number of nitrogens with one attached hydrogen (secondary N) is 1. The number of halogens is 1. The summed E-state index contributed by atoms with van der Waals surface area (Å²) in [7, 11) is 0. The number of rotatable bonds is 8. The molecule has 0 spiro atoms. The maximum atomic E-state index is 13.1. The highest BCUT2D eigenvalue weighted by Crippen LogP contribution is 2.15. The third kappa shape index (κ3) is 5.48. The fourth-order valence-corrected chi connectivity index (χ4v) is 3.15. The average Bonchev–Trinajstić information content (AvgIpc) is 2.78. The van der Waals surface area contributed by atoms with E-state index in [-0.39, 0.29) is 17.3 Å². The number of carbonyl (C=O) groups is 1. The molecule has 8 heteroatoms. The second kappa shape index (κ2) is 10.1. The Kier molecular flexibility index (Phi) is 7.24. The summed E-state index contributed by atoms with van der Waals surface area (Å²) < 4.78 is 20.0. The Bertz CT molecular complexity index is 1050. The highest BCUT2D eigenvalue weighted by Gasteiger charge is 2.19. The molecule has 0 saturated heterocycles. The molecule has 1 atom stereocenters. The first-order chi connectivity index (χ1) is 14.5. The largest absolute Gasteiger partial charge is 0.463 e. The molecule has 6 nitrogen and oxygen atoms in total. The van der Waals surface area contributed by atoms with Crippen LogP contribution in [-0.2, 0) is 11.3 Å². The van der Waals surface area contributed by atoms with Gasteiger partial charge in [0.1, 0.15) is 5.82 Å². The topological polar surface area (TPSA) is 73.2 Å². The van der Waals surface area contributed by atoms with Crippen LogP contribution in [0.3, 0.4) is 0 Å². The number of aromatic nitrogens is 2. The van der Waals surface area contributed by atoms with Crippen molar-refractivity contribution in [1.29, 1.82) is 0 Å². The van der Waals surface area contributed by atoms with Crippen molar-refractivity contribution in [3.05, 3.63) is 82.4 Å². The van der Waals surface area contributed by atoms with Crippen molar-refractivity contribution in [2.75, 3.05) is 6.26 Å². The van der Waals surface area contributed by atoms with Crippen LogP contribution in [0.15, 0.2) is 70.4 Å². The van der Waals surface area contributed by atoms with Crippen molar-refractivity contribution in [2.24, 2.45) is 0 Å². The summed E-state index contributed by atoms with van der Waals surface area (Å²) in [6, 6.07) is 16.0. The molecule has 0 fully saturated rings. The standard InChI is InChI=1S/C22H22FN3O3S/c1-3-19(22(28)24-14-15-4-10-18(30-2)11-5-15)29-20-12-13-21(27)26(25-20)17-8-6-16(23)7-9-17/h4-13,19H,3,14H2,1-2H3,(H,24,28)/t19-/m0/s1. The lowest BCUT2D eigenvalue weighted by Gasteiger charge is -2.17. The van der Waals surface area contributed by atoms with Gasteiger partial charge in [0.2, 0.25) is 5.88 Å². The zero-order chi connectivity index (χ0) is 21.5. The Labute approximate surface area is 178 Å². The van der Waals surface area contributed by atoms with Gasteiger partial charge in [-0.3, -0.25) is 9.59 Å². The molecule has 156 valence electrons. The van der Waals surface area contributed by atoms with E-state index in [2.05, 4.69) is 10.4 Å². The summed E-state index contributed by atoms with van der Waals surface area (Å²) >= 11 is 1.66. The predicted octanol–water partition coefficient (Wildman–Crippen LogP) is 3.57. The van der Waals surface area contributed by atoms with Gasteiger partial charge in [0.25, 0.3) is 11.5 Å². The van der Waals surface area contributed by atoms with E-state index in [0.29, 0.717) is 18.7 Å². The van der Waals surface area contributed by atoms with Crippen LogP contribution < -0.4 is 15.6 Å². The Balaban J connectivity index is 1.68. The molecular weight excluding hydrogens is 405 g/mol. The molecule has 2 aromatic carbocycles. The van der Waals surface area contributed by atoms with Crippen molar-refractivity contribution in [3.8, 4) is 11.6 Å². The van der Waals surface area contributed by atoms with Gasteiger partial charge < -0.3 is 10.1 Å². The van der Waals surface area contributed by atoms with Crippen LogP contribution >= 0.6 is 11.8 Å².